The van der Waals surface area contributed by atoms with Crippen LogP contribution in [0.1, 0.15) is 22.8 Å². The molecule has 0 N–H and O–H groups in total. The van der Waals surface area contributed by atoms with Crippen LogP contribution < -0.4 is 5.06 Å². The average molecular weight is 453 g/mol. The van der Waals surface area contributed by atoms with E-state index in [0.29, 0.717) is 53.1 Å². The third kappa shape index (κ3) is 3.80. The molecule has 1 aliphatic heterocycles. The molecule has 1 fully saturated rings. The van der Waals surface area contributed by atoms with E-state index in [0.717, 1.165) is 5.56 Å². The fourth-order valence-corrected chi connectivity index (χ4v) is 3.88. The summed E-state index contributed by atoms with van der Waals surface area (Å²) in [5.41, 5.74) is 3.43. The van der Waals surface area contributed by atoms with Gasteiger partial charge in [0.2, 0.25) is 0 Å². The molecule has 32 heavy (non-hydrogen) atoms. The van der Waals surface area contributed by atoms with Crippen molar-refractivity contribution < 1.29 is 14.0 Å². The zero-order valence-electron chi connectivity index (χ0n) is 17.6. The van der Waals surface area contributed by atoms with Crippen molar-refractivity contribution in [3.8, 4) is 5.69 Å². The number of benzene rings is 2. The van der Waals surface area contributed by atoms with Gasteiger partial charge in [-0.1, -0.05) is 23.2 Å². The lowest BCUT2D eigenvalue weighted by Gasteiger charge is -2.26. The van der Waals surface area contributed by atoms with Crippen molar-refractivity contribution in [3.05, 3.63) is 64.9 Å². The number of hydrogen-bond acceptors (Lipinski definition) is 7. The molecule has 4 aromatic rings. The molecule has 0 radical (unpaired) electrons. The molecule has 0 bridgehead atoms. The number of anilines is 1. The van der Waals surface area contributed by atoms with Crippen LogP contribution in [0.2, 0.25) is 5.02 Å². The normalized spacial score (nSPS) is 17.0. The van der Waals surface area contributed by atoms with E-state index in [1.807, 2.05) is 32.0 Å². The van der Waals surface area contributed by atoms with Gasteiger partial charge >= 0.3 is 6.01 Å². The molecule has 1 amide bonds. The first-order valence-corrected chi connectivity index (χ1v) is 10.6. The van der Waals surface area contributed by atoms with Gasteiger partial charge in [-0.05, 0) is 44.2 Å². The Hall–Kier alpha value is -3.43. The molecule has 0 aliphatic carbocycles. The van der Waals surface area contributed by atoms with Crippen LogP contribution in [0, 0.1) is 6.92 Å². The van der Waals surface area contributed by atoms with E-state index in [-0.39, 0.29) is 11.9 Å². The van der Waals surface area contributed by atoms with Crippen LogP contribution in [0.3, 0.4) is 0 Å². The Bertz CT molecular complexity index is 1270. The number of amides is 1. The van der Waals surface area contributed by atoms with Crippen molar-refractivity contribution >= 4 is 34.6 Å². The molecular weight excluding hydrogens is 432 g/mol. The van der Waals surface area contributed by atoms with Crippen LogP contribution in [0.15, 0.2) is 53.2 Å². The maximum atomic E-state index is 13.6. The number of aromatic nitrogens is 4. The average Bonchev–Trinajstić information content (AvgIpc) is 3.41. The molecule has 1 atom stereocenters. The van der Waals surface area contributed by atoms with Crippen LogP contribution in [-0.4, -0.2) is 56.5 Å². The molecule has 2 aromatic carbocycles. The van der Waals surface area contributed by atoms with Gasteiger partial charge in [-0.15, -0.1) is 0 Å². The first kappa shape index (κ1) is 20.5. The first-order chi connectivity index (χ1) is 15.5. The SMILES string of the molecule is Cc1ccc(-n2nccn2)c(C(=O)N2CCN(c3nc4cc(Cl)ccc4o3)OC[C@H]2C)c1. The number of halogens is 1. The summed E-state index contributed by atoms with van der Waals surface area (Å²) in [7, 11) is 0. The van der Waals surface area contributed by atoms with Crippen molar-refractivity contribution in [2.24, 2.45) is 0 Å². The quantitative estimate of drug-likeness (QED) is 0.468. The lowest BCUT2D eigenvalue weighted by Crippen LogP contribution is -2.41. The van der Waals surface area contributed by atoms with Crippen molar-refractivity contribution in [1.29, 1.82) is 0 Å². The number of aryl methyl sites for hydroxylation is 1. The van der Waals surface area contributed by atoms with E-state index in [9.17, 15) is 4.79 Å². The van der Waals surface area contributed by atoms with Gasteiger partial charge in [-0.3, -0.25) is 9.63 Å². The Morgan fingerprint density at radius 3 is 2.75 bits per heavy atom. The number of nitrogens with zero attached hydrogens (tertiary/aromatic N) is 6. The van der Waals surface area contributed by atoms with Crippen LogP contribution >= 0.6 is 11.6 Å². The van der Waals surface area contributed by atoms with Crippen LogP contribution in [0.25, 0.3) is 16.8 Å². The number of hydroxylamine groups is 1. The van der Waals surface area contributed by atoms with Gasteiger partial charge in [0.05, 0.1) is 42.8 Å². The Morgan fingerprint density at radius 1 is 1.12 bits per heavy atom. The Kier molecular flexibility index (Phi) is 5.28. The second-order valence-electron chi connectivity index (χ2n) is 7.69. The Balaban J connectivity index is 1.41. The minimum Gasteiger partial charge on any atom is -0.422 e. The third-order valence-corrected chi connectivity index (χ3v) is 5.61. The van der Waals surface area contributed by atoms with Gasteiger partial charge in [0, 0.05) is 11.6 Å². The number of rotatable bonds is 3. The monoisotopic (exact) mass is 452 g/mol. The number of carbonyl (C=O) groups excluding carboxylic acids is 1. The highest BCUT2D eigenvalue weighted by molar-refractivity contribution is 6.31. The highest BCUT2D eigenvalue weighted by Crippen LogP contribution is 2.26. The number of hydrogen-bond donors (Lipinski definition) is 0. The Morgan fingerprint density at radius 2 is 1.94 bits per heavy atom. The molecule has 10 heteroatoms. The second-order valence-corrected chi connectivity index (χ2v) is 8.13. The van der Waals surface area contributed by atoms with Crippen LogP contribution in [0.4, 0.5) is 6.01 Å². The molecule has 164 valence electrons. The van der Waals surface area contributed by atoms with Crippen molar-refractivity contribution in [3.63, 3.8) is 0 Å². The molecular formula is C22H21ClN6O3. The van der Waals surface area contributed by atoms with Gasteiger partial charge in [-0.2, -0.15) is 20.0 Å². The van der Waals surface area contributed by atoms with E-state index >= 15 is 0 Å². The van der Waals surface area contributed by atoms with Crippen molar-refractivity contribution in [2.45, 2.75) is 19.9 Å². The first-order valence-electron chi connectivity index (χ1n) is 10.2. The summed E-state index contributed by atoms with van der Waals surface area (Å²) in [6, 6.07) is 11.1. The summed E-state index contributed by atoms with van der Waals surface area (Å²) in [6.07, 6.45) is 3.17. The minimum absolute atomic E-state index is 0.108. The standard InChI is InChI=1S/C22H21ClN6O3/c1-14-3-5-19(29-24-7-8-25-29)17(11-14)21(30)27-9-10-28(31-13-15(27)2)22-26-18-12-16(23)4-6-20(18)32-22/h3-8,11-12,15H,9-10,13H2,1-2H3/t15-/m1/s1. The summed E-state index contributed by atoms with van der Waals surface area (Å²) in [6.45, 7) is 5.03. The highest BCUT2D eigenvalue weighted by atomic mass is 35.5. The fraction of sp³-hybridized carbons (Fsp3) is 0.273. The Labute approximate surface area is 189 Å². The molecule has 1 aliphatic rings. The maximum absolute atomic E-state index is 13.6. The van der Waals surface area contributed by atoms with E-state index in [1.54, 1.807) is 40.6 Å². The molecule has 1 saturated heterocycles. The number of fused-ring (bicyclic) bond motifs is 1. The van der Waals surface area contributed by atoms with E-state index < -0.39 is 0 Å². The van der Waals surface area contributed by atoms with Gasteiger partial charge < -0.3 is 9.32 Å². The minimum atomic E-state index is -0.162. The predicted molar refractivity (Wildman–Crippen MR) is 119 cm³/mol. The second kappa shape index (κ2) is 8.25. The summed E-state index contributed by atoms with van der Waals surface area (Å²) < 4.78 is 5.83. The van der Waals surface area contributed by atoms with Gasteiger partial charge in [0.15, 0.2) is 5.58 Å². The van der Waals surface area contributed by atoms with Crippen molar-refractivity contribution in [2.75, 3.05) is 24.8 Å². The smallest absolute Gasteiger partial charge is 0.323 e. The largest absolute Gasteiger partial charge is 0.422 e. The van der Waals surface area contributed by atoms with E-state index in [1.165, 1.54) is 4.80 Å². The topological polar surface area (TPSA) is 89.5 Å². The lowest BCUT2D eigenvalue weighted by atomic mass is 10.1. The van der Waals surface area contributed by atoms with Crippen molar-refractivity contribution in [1.82, 2.24) is 24.9 Å². The van der Waals surface area contributed by atoms with Crippen LogP contribution in [-0.2, 0) is 4.84 Å². The maximum Gasteiger partial charge on any atom is 0.323 e. The van der Waals surface area contributed by atoms with Gasteiger partial charge in [0.25, 0.3) is 5.91 Å². The lowest BCUT2D eigenvalue weighted by molar-refractivity contribution is 0.0585. The predicted octanol–water partition coefficient (Wildman–Crippen LogP) is 3.65. The third-order valence-electron chi connectivity index (χ3n) is 5.38. The molecule has 5 rings (SSSR count). The highest BCUT2D eigenvalue weighted by Gasteiger charge is 2.30. The number of carbonyl (C=O) groups is 1. The van der Waals surface area contributed by atoms with E-state index in [4.69, 9.17) is 20.9 Å². The zero-order chi connectivity index (χ0) is 22.2. The molecule has 0 saturated carbocycles. The van der Waals surface area contributed by atoms with Gasteiger partial charge in [0.1, 0.15) is 5.52 Å². The van der Waals surface area contributed by atoms with Gasteiger partial charge in [-0.25, -0.2) is 5.06 Å². The summed E-state index contributed by atoms with van der Waals surface area (Å²) in [5, 5.41) is 10.6. The molecule has 3 heterocycles. The van der Waals surface area contributed by atoms with Crippen LogP contribution in [0.5, 0.6) is 0 Å². The molecule has 0 spiro atoms. The fourth-order valence-electron chi connectivity index (χ4n) is 3.71. The molecule has 9 nitrogen and oxygen atoms in total. The summed E-state index contributed by atoms with van der Waals surface area (Å²) in [4.78, 5) is 27.2. The molecule has 0 unspecified atom stereocenters. The number of oxazole rings is 1. The zero-order valence-corrected chi connectivity index (χ0v) is 18.4. The molecule has 2 aromatic heterocycles. The van der Waals surface area contributed by atoms with E-state index in [2.05, 4.69) is 15.2 Å². The summed E-state index contributed by atoms with van der Waals surface area (Å²) in [5.74, 6) is -0.108. The summed E-state index contributed by atoms with van der Waals surface area (Å²) >= 11 is 6.05.